The van der Waals surface area contributed by atoms with Gasteiger partial charge in [-0.2, -0.15) is 0 Å². The Morgan fingerprint density at radius 1 is 1.50 bits per heavy atom. The number of hydrogen-bond donors (Lipinski definition) is 1. The van der Waals surface area contributed by atoms with E-state index in [2.05, 4.69) is 4.72 Å². The van der Waals surface area contributed by atoms with Crippen molar-refractivity contribution in [2.75, 3.05) is 25.3 Å². The first kappa shape index (κ1) is 14.2. The van der Waals surface area contributed by atoms with Gasteiger partial charge in [0.05, 0.1) is 12.4 Å². The van der Waals surface area contributed by atoms with Crippen molar-refractivity contribution in [2.45, 2.75) is 25.8 Å². The highest BCUT2D eigenvalue weighted by atomic mass is 35.5. The van der Waals surface area contributed by atoms with Crippen molar-refractivity contribution in [2.24, 2.45) is 0 Å². The number of hydrogen-bond acceptors (Lipinski definition) is 3. The van der Waals surface area contributed by atoms with Crippen molar-refractivity contribution < 1.29 is 13.2 Å². The largest absolute Gasteiger partial charge is 0.383 e. The Balaban J connectivity index is 4.04. The minimum absolute atomic E-state index is 0.0801. The fourth-order valence-electron chi connectivity index (χ4n) is 0.994. The molecule has 0 rings (SSSR count). The molecule has 0 amide bonds. The molecule has 0 aliphatic rings. The normalized spacial score (nSPS) is 14.2. The lowest BCUT2D eigenvalue weighted by molar-refractivity contribution is 0.173. The van der Waals surface area contributed by atoms with Crippen LogP contribution in [-0.2, 0) is 14.8 Å². The van der Waals surface area contributed by atoms with Gasteiger partial charge in [0, 0.05) is 19.0 Å². The summed E-state index contributed by atoms with van der Waals surface area (Å²) >= 11 is 5.42. The Morgan fingerprint density at radius 3 is 2.57 bits per heavy atom. The van der Waals surface area contributed by atoms with Gasteiger partial charge in [0.15, 0.2) is 0 Å². The molecule has 0 aromatic carbocycles. The number of ether oxygens (including phenoxy) is 1. The van der Waals surface area contributed by atoms with Crippen LogP contribution in [0.15, 0.2) is 0 Å². The van der Waals surface area contributed by atoms with Gasteiger partial charge in [0.1, 0.15) is 0 Å². The van der Waals surface area contributed by atoms with Gasteiger partial charge in [0.2, 0.25) is 10.0 Å². The molecule has 0 aromatic heterocycles. The van der Waals surface area contributed by atoms with Crippen molar-refractivity contribution in [3.63, 3.8) is 0 Å². The maximum absolute atomic E-state index is 11.4. The Hall–Kier alpha value is 0.160. The van der Waals surface area contributed by atoms with Gasteiger partial charge < -0.3 is 4.74 Å². The maximum Gasteiger partial charge on any atom is 0.211 e. The quantitative estimate of drug-likeness (QED) is 0.646. The van der Waals surface area contributed by atoms with Crippen molar-refractivity contribution >= 4 is 21.6 Å². The molecule has 14 heavy (non-hydrogen) atoms. The highest BCUT2D eigenvalue weighted by Gasteiger charge is 2.15. The number of sulfonamides is 1. The average Bonchev–Trinajstić information content (AvgIpc) is 2.14. The first-order valence-electron chi connectivity index (χ1n) is 4.60. The van der Waals surface area contributed by atoms with E-state index in [0.29, 0.717) is 25.3 Å². The zero-order chi connectivity index (χ0) is 11.0. The predicted octanol–water partition coefficient (Wildman–Crippen LogP) is 0.960. The summed E-state index contributed by atoms with van der Waals surface area (Å²) in [5.41, 5.74) is 0. The fraction of sp³-hybridized carbons (Fsp3) is 1.00. The number of alkyl halides is 1. The maximum atomic E-state index is 11.4. The van der Waals surface area contributed by atoms with Crippen molar-refractivity contribution in [1.29, 1.82) is 0 Å². The second-order valence-corrected chi connectivity index (χ2v) is 5.29. The molecule has 6 heteroatoms. The van der Waals surface area contributed by atoms with Gasteiger partial charge in [-0.25, -0.2) is 13.1 Å². The smallest absolute Gasteiger partial charge is 0.211 e. The molecule has 0 saturated carbocycles. The summed E-state index contributed by atoms with van der Waals surface area (Å²) < 4.78 is 30.3. The summed E-state index contributed by atoms with van der Waals surface area (Å²) in [6.07, 6.45) is 1.19. The van der Waals surface area contributed by atoms with E-state index in [1.165, 1.54) is 0 Å². The molecule has 0 spiro atoms. The third kappa shape index (κ3) is 6.59. The molecule has 0 fully saturated rings. The summed E-state index contributed by atoms with van der Waals surface area (Å²) in [7, 11) is -1.64. The molecule has 0 saturated heterocycles. The van der Waals surface area contributed by atoms with Gasteiger partial charge in [0.25, 0.3) is 0 Å². The highest BCUT2D eigenvalue weighted by Crippen LogP contribution is 1.98. The molecule has 1 unspecified atom stereocenters. The van der Waals surface area contributed by atoms with E-state index >= 15 is 0 Å². The summed E-state index contributed by atoms with van der Waals surface area (Å²) in [5.74, 6) is 0.443. The molecule has 0 aliphatic carbocycles. The van der Waals surface area contributed by atoms with E-state index in [0.717, 1.165) is 0 Å². The molecule has 0 radical (unpaired) electrons. The zero-order valence-corrected chi connectivity index (χ0v) is 10.2. The second-order valence-electron chi connectivity index (χ2n) is 3.04. The molecular formula is C8H18ClNO3S. The summed E-state index contributed by atoms with van der Waals surface area (Å²) in [4.78, 5) is 0. The van der Waals surface area contributed by atoms with E-state index in [4.69, 9.17) is 16.3 Å². The van der Waals surface area contributed by atoms with Crippen LogP contribution < -0.4 is 4.72 Å². The molecule has 0 aromatic rings. The van der Waals surface area contributed by atoms with Crippen molar-refractivity contribution in [1.82, 2.24) is 4.72 Å². The molecule has 4 nitrogen and oxygen atoms in total. The van der Waals surface area contributed by atoms with Crippen LogP contribution in [0.4, 0.5) is 0 Å². The first-order chi connectivity index (χ1) is 6.55. The van der Waals surface area contributed by atoms with E-state index < -0.39 is 10.0 Å². The lowest BCUT2D eigenvalue weighted by atomic mass is 10.3. The third-order valence-corrected chi connectivity index (χ3v) is 3.54. The van der Waals surface area contributed by atoms with Gasteiger partial charge in [-0.3, -0.25) is 0 Å². The predicted molar refractivity (Wildman–Crippen MR) is 58.2 cm³/mol. The Labute approximate surface area is 91.0 Å². The molecule has 1 N–H and O–H groups in total. The van der Waals surface area contributed by atoms with Gasteiger partial charge in [-0.15, -0.1) is 11.6 Å². The number of halogens is 1. The van der Waals surface area contributed by atoms with Crippen molar-refractivity contribution in [3.8, 4) is 0 Å². The summed E-state index contributed by atoms with van der Waals surface area (Å²) in [5, 5.41) is 0. The van der Waals surface area contributed by atoms with E-state index in [-0.39, 0.29) is 11.8 Å². The van der Waals surface area contributed by atoms with E-state index in [1.807, 2.05) is 6.92 Å². The van der Waals surface area contributed by atoms with Gasteiger partial charge >= 0.3 is 0 Å². The van der Waals surface area contributed by atoms with Crippen LogP contribution >= 0.6 is 11.6 Å². The molecule has 1 atom stereocenters. The first-order valence-corrected chi connectivity index (χ1v) is 6.79. The van der Waals surface area contributed by atoms with Crippen LogP contribution in [0.3, 0.4) is 0 Å². The van der Waals surface area contributed by atoms with Crippen LogP contribution in [0.2, 0.25) is 0 Å². The standard InChI is InChI=1S/C8H18ClNO3S/c1-3-8(7-13-2)10-14(11,12)6-4-5-9/h8,10H,3-7H2,1-2H3. The molecule has 86 valence electrons. The molecule has 0 aliphatic heterocycles. The van der Waals surface area contributed by atoms with Crippen LogP contribution in [0.5, 0.6) is 0 Å². The fourth-order valence-corrected chi connectivity index (χ4v) is 2.67. The van der Waals surface area contributed by atoms with E-state index in [9.17, 15) is 8.42 Å². The SMILES string of the molecule is CCC(COC)NS(=O)(=O)CCCCl. The molecular weight excluding hydrogens is 226 g/mol. The molecule has 0 bridgehead atoms. The zero-order valence-electron chi connectivity index (χ0n) is 8.62. The third-order valence-electron chi connectivity index (χ3n) is 1.75. The Kier molecular flexibility index (Phi) is 7.54. The van der Waals surface area contributed by atoms with Gasteiger partial charge in [-0.1, -0.05) is 6.92 Å². The summed E-state index contributed by atoms with van der Waals surface area (Å²) in [6, 6.07) is -0.139. The number of rotatable bonds is 8. The summed E-state index contributed by atoms with van der Waals surface area (Å²) in [6.45, 7) is 2.31. The van der Waals surface area contributed by atoms with Crippen LogP contribution in [0, 0.1) is 0 Å². The number of nitrogens with one attached hydrogen (secondary N) is 1. The van der Waals surface area contributed by atoms with Gasteiger partial charge in [-0.05, 0) is 12.8 Å². The highest BCUT2D eigenvalue weighted by molar-refractivity contribution is 7.89. The second kappa shape index (κ2) is 7.45. The Bertz CT molecular complexity index is 231. The Morgan fingerprint density at radius 2 is 2.14 bits per heavy atom. The van der Waals surface area contributed by atoms with E-state index in [1.54, 1.807) is 7.11 Å². The number of methoxy groups -OCH3 is 1. The average molecular weight is 244 g/mol. The van der Waals surface area contributed by atoms with Crippen LogP contribution in [0.25, 0.3) is 0 Å². The lowest BCUT2D eigenvalue weighted by Crippen LogP contribution is -2.38. The van der Waals surface area contributed by atoms with Crippen LogP contribution in [-0.4, -0.2) is 39.8 Å². The van der Waals surface area contributed by atoms with Crippen molar-refractivity contribution in [3.05, 3.63) is 0 Å². The minimum atomic E-state index is -3.19. The lowest BCUT2D eigenvalue weighted by Gasteiger charge is -2.15. The topological polar surface area (TPSA) is 55.4 Å². The molecule has 0 heterocycles. The minimum Gasteiger partial charge on any atom is -0.383 e. The van der Waals surface area contributed by atoms with Crippen LogP contribution in [0.1, 0.15) is 19.8 Å². The monoisotopic (exact) mass is 243 g/mol.